The topological polar surface area (TPSA) is 42.0 Å². The van der Waals surface area contributed by atoms with Crippen molar-refractivity contribution in [2.24, 2.45) is 0 Å². The summed E-state index contributed by atoms with van der Waals surface area (Å²) in [6, 6.07) is 27.1. The van der Waals surface area contributed by atoms with Gasteiger partial charge in [-0.1, -0.05) is 60.7 Å². The van der Waals surface area contributed by atoms with Gasteiger partial charge in [-0.15, -0.1) is 0 Å². The van der Waals surface area contributed by atoms with Gasteiger partial charge in [0, 0.05) is 25.3 Å². The number of rotatable bonds is 11. The van der Waals surface area contributed by atoms with Crippen LogP contribution in [-0.4, -0.2) is 43.7 Å². The van der Waals surface area contributed by atoms with Gasteiger partial charge in [-0.05, 0) is 54.7 Å². The number of anilines is 1. The molecule has 0 aliphatic carbocycles. The van der Waals surface area contributed by atoms with Crippen molar-refractivity contribution in [1.29, 1.82) is 0 Å². The lowest BCUT2D eigenvalue weighted by Gasteiger charge is -2.31. The molecule has 5 nitrogen and oxygen atoms in total. The maximum absolute atomic E-state index is 12.1. The Morgan fingerprint density at radius 2 is 1.62 bits per heavy atom. The molecule has 0 atom stereocenters. The molecule has 0 unspecified atom stereocenters. The van der Waals surface area contributed by atoms with Crippen molar-refractivity contribution in [3.05, 3.63) is 95.6 Å². The van der Waals surface area contributed by atoms with E-state index in [0.717, 1.165) is 30.8 Å². The fourth-order valence-corrected chi connectivity index (χ4v) is 4.47. The van der Waals surface area contributed by atoms with Gasteiger partial charge in [0.05, 0.1) is 19.7 Å². The minimum Gasteiger partial charge on any atom is -0.492 e. The van der Waals surface area contributed by atoms with Crippen LogP contribution < -0.4 is 9.64 Å². The highest BCUT2D eigenvalue weighted by molar-refractivity contribution is 5.71. The Labute approximate surface area is 202 Å². The fourth-order valence-electron chi connectivity index (χ4n) is 4.47. The highest BCUT2D eigenvalue weighted by Gasteiger charge is 2.16. The Hall–Kier alpha value is -3.31. The monoisotopic (exact) mass is 458 g/mol. The van der Waals surface area contributed by atoms with Crippen molar-refractivity contribution < 1.29 is 14.3 Å². The van der Waals surface area contributed by atoms with Gasteiger partial charge in [0.15, 0.2) is 0 Å². The van der Waals surface area contributed by atoms with E-state index in [-0.39, 0.29) is 12.5 Å². The van der Waals surface area contributed by atoms with Crippen LogP contribution in [0.1, 0.15) is 30.0 Å². The molecule has 178 valence electrons. The normalized spacial score (nSPS) is 12.9. The Balaban J connectivity index is 1.31. The third-order valence-corrected chi connectivity index (χ3v) is 6.07. The van der Waals surface area contributed by atoms with E-state index in [0.29, 0.717) is 26.3 Å². The van der Waals surface area contributed by atoms with Gasteiger partial charge in [-0.2, -0.15) is 0 Å². The van der Waals surface area contributed by atoms with Crippen molar-refractivity contribution in [3.8, 4) is 5.75 Å². The zero-order valence-electron chi connectivity index (χ0n) is 20.0. The standard InChI is InChI=1S/C29H34N2O3/c1-2-33-29(32)23-30(21-24-9-4-3-5-10-24)22-25-14-16-27(17-15-25)34-20-19-31-18-8-12-26-11-6-7-13-28(26)31/h3-7,9-11,13-17H,2,8,12,18-23H2,1H3. The smallest absolute Gasteiger partial charge is 0.320 e. The van der Waals surface area contributed by atoms with Crippen LogP contribution in [0.3, 0.4) is 0 Å². The number of carbonyl (C=O) groups excluding carboxylic acids is 1. The van der Waals surface area contributed by atoms with Gasteiger partial charge in [0.1, 0.15) is 12.4 Å². The Morgan fingerprint density at radius 1 is 0.912 bits per heavy atom. The summed E-state index contributed by atoms with van der Waals surface area (Å²) in [5, 5.41) is 0. The second-order valence-electron chi connectivity index (χ2n) is 8.65. The average molecular weight is 459 g/mol. The van der Waals surface area contributed by atoms with Crippen molar-refractivity contribution in [2.75, 3.05) is 37.7 Å². The predicted octanol–water partition coefficient (Wildman–Crippen LogP) is 5.08. The van der Waals surface area contributed by atoms with Crippen molar-refractivity contribution in [3.63, 3.8) is 0 Å². The van der Waals surface area contributed by atoms with Gasteiger partial charge in [-0.25, -0.2) is 0 Å². The fraction of sp³-hybridized carbons (Fsp3) is 0.345. The first-order valence-corrected chi connectivity index (χ1v) is 12.2. The molecule has 0 saturated carbocycles. The largest absolute Gasteiger partial charge is 0.492 e. The number of benzene rings is 3. The van der Waals surface area contributed by atoms with Crippen molar-refractivity contribution in [1.82, 2.24) is 4.90 Å². The van der Waals surface area contributed by atoms with E-state index in [1.807, 2.05) is 37.3 Å². The van der Waals surface area contributed by atoms with Crippen LogP contribution in [0.25, 0.3) is 0 Å². The Kier molecular flexibility index (Phi) is 8.58. The summed E-state index contributed by atoms with van der Waals surface area (Å²) in [5.74, 6) is 0.673. The number of nitrogens with zero attached hydrogens (tertiary/aromatic N) is 2. The highest BCUT2D eigenvalue weighted by atomic mass is 16.5. The first-order valence-electron chi connectivity index (χ1n) is 12.2. The van der Waals surface area contributed by atoms with Crippen molar-refractivity contribution >= 4 is 11.7 Å². The summed E-state index contributed by atoms with van der Waals surface area (Å²) in [6.45, 7) is 6.46. The lowest BCUT2D eigenvalue weighted by atomic mass is 10.0. The molecule has 0 amide bonds. The van der Waals surface area contributed by atoms with Crippen LogP contribution in [0, 0.1) is 0 Å². The molecule has 0 fully saturated rings. The van der Waals surface area contributed by atoms with Crippen LogP contribution in [-0.2, 0) is 29.0 Å². The molecule has 1 aliphatic heterocycles. The number of aryl methyl sites for hydroxylation is 1. The molecule has 0 aromatic heterocycles. The molecule has 4 rings (SSSR count). The van der Waals surface area contributed by atoms with Gasteiger partial charge in [0.2, 0.25) is 0 Å². The lowest BCUT2D eigenvalue weighted by molar-refractivity contribution is -0.144. The van der Waals surface area contributed by atoms with Crippen LogP contribution in [0.5, 0.6) is 5.75 Å². The van der Waals surface area contributed by atoms with Crippen molar-refractivity contribution in [2.45, 2.75) is 32.9 Å². The average Bonchev–Trinajstić information content (AvgIpc) is 2.86. The number of fused-ring (bicyclic) bond motifs is 1. The minimum atomic E-state index is -0.197. The Morgan fingerprint density at radius 3 is 2.38 bits per heavy atom. The first-order chi connectivity index (χ1) is 16.7. The third-order valence-electron chi connectivity index (χ3n) is 6.07. The summed E-state index contributed by atoms with van der Waals surface area (Å²) >= 11 is 0. The molecule has 0 saturated heterocycles. The van der Waals surface area contributed by atoms with Crippen LogP contribution in [0.15, 0.2) is 78.9 Å². The molecular formula is C29H34N2O3. The van der Waals surface area contributed by atoms with E-state index in [1.54, 1.807) is 0 Å². The first kappa shape index (κ1) is 23.8. The molecule has 0 bridgehead atoms. The predicted molar refractivity (Wildman–Crippen MR) is 136 cm³/mol. The zero-order valence-corrected chi connectivity index (χ0v) is 20.0. The maximum atomic E-state index is 12.1. The number of ether oxygens (including phenoxy) is 2. The van der Waals surface area contributed by atoms with E-state index < -0.39 is 0 Å². The molecular weight excluding hydrogens is 424 g/mol. The van der Waals surface area contributed by atoms with Crippen LogP contribution in [0.4, 0.5) is 5.69 Å². The van der Waals surface area contributed by atoms with E-state index in [1.165, 1.54) is 23.2 Å². The summed E-state index contributed by atoms with van der Waals surface area (Å²) in [4.78, 5) is 16.7. The molecule has 0 radical (unpaired) electrons. The molecule has 3 aromatic rings. The van der Waals surface area contributed by atoms with Crippen LogP contribution >= 0.6 is 0 Å². The second-order valence-corrected chi connectivity index (χ2v) is 8.65. The lowest BCUT2D eigenvalue weighted by Crippen LogP contribution is -2.33. The molecule has 1 aliphatic rings. The molecule has 0 spiro atoms. The maximum Gasteiger partial charge on any atom is 0.320 e. The number of esters is 1. The van der Waals surface area contributed by atoms with Gasteiger partial charge < -0.3 is 14.4 Å². The molecule has 0 N–H and O–H groups in total. The molecule has 34 heavy (non-hydrogen) atoms. The Bertz CT molecular complexity index is 1040. The SMILES string of the molecule is CCOC(=O)CN(Cc1ccccc1)Cc1ccc(OCCN2CCCc3ccccc32)cc1. The zero-order chi connectivity index (χ0) is 23.6. The van der Waals surface area contributed by atoms with E-state index in [9.17, 15) is 4.79 Å². The van der Waals surface area contributed by atoms with Gasteiger partial charge >= 0.3 is 5.97 Å². The van der Waals surface area contributed by atoms with E-state index in [4.69, 9.17) is 9.47 Å². The molecule has 3 aromatic carbocycles. The number of hydrogen-bond acceptors (Lipinski definition) is 5. The summed E-state index contributed by atoms with van der Waals surface area (Å²) in [6.07, 6.45) is 2.35. The number of para-hydroxylation sites is 1. The van der Waals surface area contributed by atoms with E-state index in [2.05, 4.69) is 58.3 Å². The molecule has 5 heteroatoms. The second kappa shape index (κ2) is 12.2. The number of hydrogen-bond donors (Lipinski definition) is 0. The quantitative estimate of drug-likeness (QED) is 0.375. The highest BCUT2D eigenvalue weighted by Crippen LogP contribution is 2.26. The molecule has 1 heterocycles. The summed E-state index contributed by atoms with van der Waals surface area (Å²) < 4.78 is 11.2. The van der Waals surface area contributed by atoms with E-state index >= 15 is 0 Å². The van der Waals surface area contributed by atoms with Gasteiger partial charge in [-0.3, -0.25) is 9.69 Å². The minimum absolute atomic E-state index is 0.197. The summed E-state index contributed by atoms with van der Waals surface area (Å²) in [7, 11) is 0. The summed E-state index contributed by atoms with van der Waals surface area (Å²) in [5.41, 5.74) is 5.08. The number of carbonyl (C=O) groups is 1. The van der Waals surface area contributed by atoms with Gasteiger partial charge in [0.25, 0.3) is 0 Å². The third kappa shape index (κ3) is 6.84. The van der Waals surface area contributed by atoms with Crippen LogP contribution in [0.2, 0.25) is 0 Å².